The number of rotatable bonds is 2. The molecular formula is C12H10N6O2. The van der Waals surface area contributed by atoms with Crippen molar-refractivity contribution in [1.29, 1.82) is 0 Å². The fourth-order valence-corrected chi connectivity index (χ4v) is 1.94. The Hall–Kier alpha value is -3.16. The summed E-state index contributed by atoms with van der Waals surface area (Å²) in [4.78, 5) is 30.7. The second-order valence-electron chi connectivity index (χ2n) is 4.20. The summed E-state index contributed by atoms with van der Waals surface area (Å²) in [6.07, 6.45) is 0. The van der Waals surface area contributed by atoms with E-state index in [0.717, 1.165) is 0 Å². The van der Waals surface area contributed by atoms with E-state index in [2.05, 4.69) is 20.6 Å². The molecule has 2 aromatic rings. The Morgan fingerprint density at radius 3 is 2.50 bits per heavy atom. The van der Waals surface area contributed by atoms with Crippen molar-refractivity contribution in [1.82, 2.24) is 15.3 Å². The highest BCUT2D eigenvalue weighted by Gasteiger charge is 2.26. The third-order valence-electron chi connectivity index (χ3n) is 2.77. The Morgan fingerprint density at radius 1 is 1.00 bits per heavy atom. The molecule has 100 valence electrons. The average Bonchev–Trinajstić information content (AvgIpc) is 2.63. The Labute approximate surface area is 113 Å². The van der Waals surface area contributed by atoms with Gasteiger partial charge >= 0.3 is 0 Å². The van der Waals surface area contributed by atoms with Crippen molar-refractivity contribution in [2.45, 2.75) is 0 Å². The lowest BCUT2D eigenvalue weighted by Crippen LogP contribution is -2.19. The van der Waals surface area contributed by atoms with E-state index in [1.807, 2.05) is 0 Å². The zero-order valence-corrected chi connectivity index (χ0v) is 10.2. The summed E-state index contributed by atoms with van der Waals surface area (Å²) < 4.78 is 0. The lowest BCUT2D eigenvalue weighted by molar-refractivity contribution is 0.0879. The maximum Gasteiger partial charge on any atom is 0.259 e. The van der Waals surface area contributed by atoms with Crippen LogP contribution in [0.3, 0.4) is 0 Å². The number of fused-ring (bicyclic) bond motifs is 1. The predicted molar refractivity (Wildman–Crippen MR) is 72.4 cm³/mol. The lowest BCUT2D eigenvalue weighted by atomic mass is 10.1. The van der Waals surface area contributed by atoms with E-state index < -0.39 is 11.8 Å². The van der Waals surface area contributed by atoms with Crippen LogP contribution in [-0.4, -0.2) is 21.8 Å². The molecular weight excluding hydrogens is 260 g/mol. The Morgan fingerprint density at radius 2 is 1.75 bits per heavy atom. The molecule has 0 atom stereocenters. The van der Waals surface area contributed by atoms with Gasteiger partial charge in [-0.1, -0.05) is 0 Å². The number of carbonyl (C=O) groups is 2. The average molecular weight is 270 g/mol. The van der Waals surface area contributed by atoms with Gasteiger partial charge in [-0.3, -0.25) is 14.9 Å². The molecule has 1 aromatic heterocycles. The van der Waals surface area contributed by atoms with Gasteiger partial charge in [0.25, 0.3) is 11.8 Å². The number of nitrogens with two attached hydrogens (primary N) is 2. The number of amides is 2. The summed E-state index contributed by atoms with van der Waals surface area (Å²) in [6, 6.07) is 6.29. The number of anilines is 4. The van der Waals surface area contributed by atoms with Crippen molar-refractivity contribution in [3.8, 4) is 0 Å². The number of hydrogen-bond donors (Lipinski definition) is 4. The van der Waals surface area contributed by atoms with Gasteiger partial charge in [-0.25, -0.2) is 0 Å². The van der Waals surface area contributed by atoms with Crippen LogP contribution in [-0.2, 0) is 0 Å². The third kappa shape index (κ3) is 1.99. The molecule has 0 saturated heterocycles. The zero-order valence-electron chi connectivity index (χ0n) is 10.2. The van der Waals surface area contributed by atoms with Crippen LogP contribution < -0.4 is 22.1 Å². The van der Waals surface area contributed by atoms with E-state index in [9.17, 15) is 9.59 Å². The highest BCUT2D eigenvalue weighted by atomic mass is 16.2. The number of aromatic nitrogens is 2. The summed E-state index contributed by atoms with van der Waals surface area (Å²) >= 11 is 0. The van der Waals surface area contributed by atoms with E-state index in [1.54, 1.807) is 18.2 Å². The van der Waals surface area contributed by atoms with E-state index in [4.69, 9.17) is 11.5 Å². The molecule has 0 spiro atoms. The van der Waals surface area contributed by atoms with Gasteiger partial charge in [0.05, 0.1) is 11.1 Å². The molecule has 3 rings (SSSR count). The first-order valence-electron chi connectivity index (χ1n) is 5.70. The summed E-state index contributed by atoms with van der Waals surface area (Å²) in [6.45, 7) is 0. The van der Waals surface area contributed by atoms with Gasteiger partial charge in [-0.05, 0) is 18.2 Å². The van der Waals surface area contributed by atoms with Crippen molar-refractivity contribution >= 4 is 35.1 Å². The SMILES string of the molecule is Nc1cc(Nc2ccc3c(c2)C(=O)NC3=O)nc(N)n1. The van der Waals surface area contributed by atoms with Crippen LogP contribution in [0.1, 0.15) is 20.7 Å². The largest absolute Gasteiger partial charge is 0.383 e. The second kappa shape index (κ2) is 4.19. The molecule has 0 fully saturated rings. The van der Waals surface area contributed by atoms with E-state index in [-0.39, 0.29) is 11.8 Å². The minimum Gasteiger partial charge on any atom is -0.383 e. The Balaban J connectivity index is 1.94. The number of nitrogen functional groups attached to an aromatic ring is 2. The minimum absolute atomic E-state index is 0.0431. The Kier molecular flexibility index (Phi) is 2.50. The fourth-order valence-electron chi connectivity index (χ4n) is 1.94. The molecule has 8 nitrogen and oxygen atoms in total. The van der Waals surface area contributed by atoms with Crippen LogP contribution in [0.25, 0.3) is 0 Å². The van der Waals surface area contributed by atoms with Crippen molar-refractivity contribution in [3.05, 3.63) is 35.4 Å². The second-order valence-corrected chi connectivity index (χ2v) is 4.20. The van der Waals surface area contributed by atoms with Crippen LogP contribution in [0.2, 0.25) is 0 Å². The highest BCUT2D eigenvalue weighted by Crippen LogP contribution is 2.23. The van der Waals surface area contributed by atoms with E-state index in [1.165, 1.54) is 6.07 Å². The summed E-state index contributed by atoms with van der Waals surface area (Å²) in [5.41, 5.74) is 12.3. The first kappa shape index (κ1) is 11.9. The fraction of sp³-hybridized carbons (Fsp3) is 0. The van der Waals surface area contributed by atoms with Gasteiger partial charge in [0.1, 0.15) is 11.6 Å². The van der Waals surface area contributed by atoms with Gasteiger partial charge in [-0.2, -0.15) is 9.97 Å². The van der Waals surface area contributed by atoms with Crippen LogP contribution in [0.15, 0.2) is 24.3 Å². The first-order chi connectivity index (χ1) is 9.52. The number of imide groups is 1. The first-order valence-corrected chi connectivity index (χ1v) is 5.70. The predicted octanol–water partition coefficient (Wildman–Crippen LogP) is 0.268. The van der Waals surface area contributed by atoms with Crippen molar-refractivity contribution < 1.29 is 9.59 Å². The van der Waals surface area contributed by atoms with Crippen LogP contribution >= 0.6 is 0 Å². The maximum absolute atomic E-state index is 11.6. The maximum atomic E-state index is 11.6. The highest BCUT2D eigenvalue weighted by molar-refractivity contribution is 6.21. The van der Waals surface area contributed by atoms with Crippen molar-refractivity contribution in [2.75, 3.05) is 16.8 Å². The third-order valence-corrected chi connectivity index (χ3v) is 2.77. The summed E-state index contributed by atoms with van der Waals surface area (Å²) in [5, 5.41) is 5.17. The van der Waals surface area contributed by atoms with Crippen LogP contribution in [0.5, 0.6) is 0 Å². The molecule has 2 heterocycles. The number of nitrogens with one attached hydrogen (secondary N) is 2. The quantitative estimate of drug-likeness (QED) is 0.575. The number of hydrogen-bond acceptors (Lipinski definition) is 7. The molecule has 0 aliphatic carbocycles. The molecule has 0 radical (unpaired) electrons. The topological polar surface area (TPSA) is 136 Å². The minimum atomic E-state index is -0.421. The molecule has 1 aliphatic rings. The molecule has 0 saturated carbocycles. The van der Waals surface area contributed by atoms with Gasteiger partial charge in [0, 0.05) is 11.8 Å². The molecule has 8 heteroatoms. The lowest BCUT2D eigenvalue weighted by Gasteiger charge is -2.07. The van der Waals surface area contributed by atoms with Crippen molar-refractivity contribution in [3.63, 3.8) is 0 Å². The standard InChI is InChI=1S/C12H10N6O2/c13-8-4-9(17-12(14)16-8)15-5-1-2-6-7(3-5)11(20)18-10(6)19/h1-4H,(H,18,19,20)(H5,13,14,15,16,17). The molecule has 6 N–H and O–H groups in total. The Bertz CT molecular complexity index is 722. The van der Waals surface area contributed by atoms with E-state index in [0.29, 0.717) is 22.6 Å². The summed E-state index contributed by atoms with van der Waals surface area (Å²) in [7, 11) is 0. The molecule has 20 heavy (non-hydrogen) atoms. The van der Waals surface area contributed by atoms with Crippen LogP contribution in [0.4, 0.5) is 23.3 Å². The molecule has 1 aliphatic heterocycles. The molecule has 0 unspecified atom stereocenters. The van der Waals surface area contributed by atoms with Crippen molar-refractivity contribution in [2.24, 2.45) is 0 Å². The molecule has 1 aromatic carbocycles. The van der Waals surface area contributed by atoms with Gasteiger partial charge in [-0.15, -0.1) is 0 Å². The monoisotopic (exact) mass is 270 g/mol. The number of benzene rings is 1. The normalized spacial score (nSPS) is 13.0. The number of nitrogens with zero attached hydrogens (tertiary/aromatic N) is 2. The number of carbonyl (C=O) groups excluding carboxylic acids is 2. The zero-order chi connectivity index (χ0) is 14.3. The van der Waals surface area contributed by atoms with Gasteiger partial charge in [0.2, 0.25) is 5.95 Å². The summed E-state index contributed by atoms with van der Waals surface area (Å²) in [5.74, 6) is -0.141. The van der Waals surface area contributed by atoms with Crippen LogP contribution in [0, 0.1) is 0 Å². The van der Waals surface area contributed by atoms with E-state index >= 15 is 0 Å². The molecule has 0 bridgehead atoms. The smallest absolute Gasteiger partial charge is 0.259 e. The molecule has 2 amide bonds. The van der Waals surface area contributed by atoms with Gasteiger partial charge in [0.15, 0.2) is 0 Å². The van der Waals surface area contributed by atoms with Gasteiger partial charge < -0.3 is 16.8 Å².